The third-order valence-electron chi connectivity index (χ3n) is 5.49. The number of nitrogens with zero attached hydrogens (tertiary/aromatic N) is 2. The number of hydrogen-bond acceptors (Lipinski definition) is 3. The van der Waals surface area contributed by atoms with Gasteiger partial charge in [0.1, 0.15) is 0 Å². The Hall–Kier alpha value is -1.75. The van der Waals surface area contributed by atoms with E-state index in [4.69, 9.17) is 0 Å². The number of hydrogen-bond donors (Lipinski definition) is 2. The van der Waals surface area contributed by atoms with Gasteiger partial charge in [0.25, 0.3) is 0 Å². The molecule has 5 heteroatoms. The van der Waals surface area contributed by atoms with Gasteiger partial charge in [-0.15, -0.1) is 0 Å². The SMILES string of the molecule is CC(O)C1CCN(C(=O)NCCN2c3ccccc3CC2C)CC1. The number of piperidine rings is 1. The minimum atomic E-state index is -0.271. The van der Waals surface area contributed by atoms with Crippen molar-refractivity contribution >= 4 is 11.7 Å². The third kappa shape index (κ3) is 3.66. The minimum absolute atomic E-state index is 0.0270. The number of amides is 2. The summed E-state index contributed by atoms with van der Waals surface area (Å²) in [5, 5.41) is 12.7. The molecule has 1 saturated heterocycles. The molecule has 132 valence electrons. The van der Waals surface area contributed by atoms with Gasteiger partial charge in [-0.25, -0.2) is 4.79 Å². The van der Waals surface area contributed by atoms with Gasteiger partial charge < -0.3 is 20.2 Å². The maximum absolute atomic E-state index is 12.3. The molecular weight excluding hydrogens is 302 g/mol. The van der Waals surface area contributed by atoms with Crippen LogP contribution in [-0.2, 0) is 6.42 Å². The molecule has 1 aromatic carbocycles. The maximum Gasteiger partial charge on any atom is 0.317 e. The molecule has 2 amide bonds. The van der Waals surface area contributed by atoms with Gasteiger partial charge in [0.15, 0.2) is 0 Å². The van der Waals surface area contributed by atoms with E-state index < -0.39 is 0 Å². The number of carbonyl (C=O) groups is 1. The Labute approximate surface area is 144 Å². The van der Waals surface area contributed by atoms with Gasteiger partial charge >= 0.3 is 6.03 Å². The molecule has 0 radical (unpaired) electrons. The number of fused-ring (bicyclic) bond motifs is 1. The van der Waals surface area contributed by atoms with Crippen molar-refractivity contribution in [2.45, 2.75) is 45.3 Å². The van der Waals surface area contributed by atoms with Crippen LogP contribution in [-0.4, -0.2) is 54.4 Å². The Morgan fingerprint density at radius 3 is 2.75 bits per heavy atom. The Morgan fingerprint density at radius 1 is 1.33 bits per heavy atom. The second-order valence-electron chi connectivity index (χ2n) is 7.17. The molecule has 1 fully saturated rings. The third-order valence-corrected chi connectivity index (χ3v) is 5.49. The normalized spacial score (nSPS) is 22.4. The fourth-order valence-corrected chi connectivity index (χ4v) is 3.95. The van der Waals surface area contributed by atoms with E-state index in [9.17, 15) is 9.90 Å². The number of anilines is 1. The lowest BCUT2D eigenvalue weighted by atomic mass is 9.92. The van der Waals surface area contributed by atoms with Crippen LogP contribution in [0.4, 0.5) is 10.5 Å². The fraction of sp³-hybridized carbons (Fsp3) is 0.632. The molecule has 24 heavy (non-hydrogen) atoms. The van der Waals surface area contributed by atoms with Gasteiger partial charge in [-0.05, 0) is 50.7 Å². The highest BCUT2D eigenvalue weighted by molar-refractivity contribution is 5.74. The Morgan fingerprint density at radius 2 is 2.04 bits per heavy atom. The van der Waals surface area contributed by atoms with Crippen LogP contribution >= 0.6 is 0 Å². The molecule has 0 saturated carbocycles. The summed E-state index contributed by atoms with van der Waals surface area (Å²) in [4.78, 5) is 16.6. The summed E-state index contributed by atoms with van der Waals surface area (Å²) in [6.07, 6.45) is 2.59. The number of carbonyl (C=O) groups excluding carboxylic acids is 1. The first-order valence-corrected chi connectivity index (χ1v) is 9.11. The van der Waals surface area contributed by atoms with Crippen molar-refractivity contribution in [3.05, 3.63) is 29.8 Å². The Kier molecular flexibility index (Phi) is 5.29. The van der Waals surface area contributed by atoms with Crippen LogP contribution in [0.5, 0.6) is 0 Å². The highest BCUT2D eigenvalue weighted by Gasteiger charge is 2.27. The lowest BCUT2D eigenvalue weighted by molar-refractivity contribution is 0.0799. The highest BCUT2D eigenvalue weighted by Crippen LogP contribution is 2.31. The number of rotatable bonds is 4. The first-order valence-electron chi connectivity index (χ1n) is 9.11. The van der Waals surface area contributed by atoms with Crippen molar-refractivity contribution in [1.29, 1.82) is 0 Å². The number of para-hydroxylation sites is 1. The van der Waals surface area contributed by atoms with Gasteiger partial charge in [0.05, 0.1) is 6.10 Å². The molecule has 3 rings (SSSR count). The van der Waals surface area contributed by atoms with Crippen LogP contribution in [0.2, 0.25) is 0 Å². The van der Waals surface area contributed by atoms with E-state index in [2.05, 4.69) is 41.4 Å². The second-order valence-corrected chi connectivity index (χ2v) is 7.17. The van der Waals surface area contributed by atoms with Gasteiger partial charge in [0.2, 0.25) is 0 Å². The topological polar surface area (TPSA) is 55.8 Å². The van der Waals surface area contributed by atoms with Crippen LogP contribution in [0.1, 0.15) is 32.3 Å². The molecule has 2 atom stereocenters. The van der Waals surface area contributed by atoms with Gasteiger partial charge in [-0.2, -0.15) is 0 Å². The first-order chi connectivity index (χ1) is 11.6. The van der Waals surface area contributed by atoms with Crippen molar-refractivity contribution < 1.29 is 9.90 Å². The number of nitrogens with one attached hydrogen (secondary N) is 1. The summed E-state index contributed by atoms with van der Waals surface area (Å²) in [6.45, 7) is 7.06. The number of benzene rings is 1. The van der Waals surface area contributed by atoms with Crippen molar-refractivity contribution in [3.8, 4) is 0 Å². The van der Waals surface area contributed by atoms with Crippen LogP contribution in [0.25, 0.3) is 0 Å². The molecule has 5 nitrogen and oxygen atoms in total. The summed E-state index contributed by atoms with van der Waals surface area (Å²) >= 11 is 0. The number of aliphatic hydroxyl groups is 1. The van der Waals surface area contributed by atoms with E-state index in [0.717, 1.165) is 38.9 Å². The van der Waals surface area contributed by atoms with E-state index in [-0.39, 0.29) is 12.1 Å². The molecule has 0 aromatic heterocycles. The molecule has 1 aromatic rings. The minimum Gasteiger partial charge on any atom is -0.393 e. The van der Waals surface area contributed by atoms with Crippen LogP contribution in [0.15, 0.2) is 24.3 Å². The summed E-state index contributed by atoms with van der Waals surface area (Å²) in [5.41, 5.74) is 2.70. The zero-order valence-electron chi connectivity index (χ0n) is 14.7. The molecule has 2 aliphatic heterocycles. The largest absolute Gasteiger partial charge is 0.393 e. The van der Waals surface area contributed by atoms with E-state index in [0.29, 0.717) is 18.5 Å². The predicted octanol–water partition coefficient (Wildman–Crippen LogP) is 2.24. The van der Waals surface area contributed by atoms with Crippen LogP contribution in [0.3, 0.4) is 0 Å². The number of urea groups is 1. The number of likely N-dealkylation sites (tertiary alicyclic amines) is 1. The fourth-order valence-electron chi connectivity index (χ4n) is 3.95. The monoisotopic (exact) mass is 331 g/mol. The summed E-state index contributed by atoms with van der Waals surface area (Å²) in [6, 6.07) is 9.04. The van der Waals surface area contributed by atoms with E-state index >= 15 is 0 Å². The zero-order chi connectivity index (χ0) is 17.1. The molecule has 2 N–H and O–H groups in total. The maximum atomic E-state index is 12.3. The van der Waals surface area contributed by atoms with Crippen molar-refractivity contribution in [3.63, 3.8) is 0 Å². The van der Waals surface area contributed by atoms with Gasteiger partial charge in [0, 0.05) is 37.9 Å². The quantitative estimate of drug-likeness (QED) is 0.890. The van der Waals surface area contributed by atoms with Crippen molar-refractivity contribution in [1.82, 2.24) is 10.2 Å². The Bertz CT molecular complexity index is 567. The molecule has 0 spiro atoms. The molecule has 2 unspecified atom stereocenters. The Balaban J connectivity index is 1.45. The summed E-state index contributed by atoms with van der Waals surface area (Å²) < 4.78 is 0. The molecule has 2 aliphatic rings. The van der Waals surface area contributed by atoms with E-state index in [1.165, 1.54) is 11.3 Å². The standard InChI is InChI=1S/C19H29N3O2/c1-14-13-17-5-3-4-6-18(17)22(14)12-9-20-19(24)21-10-7-16(8-11-21)15(2)23/h3-6,14-16,23H,7-13H2,1-2H3,(H,20,24). The van der Waals surface area contributed by atoms with Crippen molar-refractivity contribution in [2.75, 3.05) is 31.1 Å². The summed E-state index contributed by atoms with van der Waals surface area (Å²) in [7, 11) is 0. The van der Waals surface area contributed by atoms with Gasteiger partial charge in [-0.3, -0.25) is 0 Å². The average Bonchev–Trinajstić information content (AvgIpc) is 2.90. The highest BCUT2D eigenvalue weighted by atomic mass is 16.3. The second kappa shape index (κ2) is 7.43. The molecule has 0 bridgehead atoms. The first kappa shape index (κ1) is 17.1. The van der Waals surface area contributed by atoms with Crippen LogP contribution < -0.4 is 10.2 Å². The zero-order valence-corrected chi connectivity index (χ0v) is 14.7. The smallest absolute Gasteiger partial charge is 0.317 e. The number of aliphatic hydroxyl groups excluding tert-OH is 1. The lowest BCUT2D eigenvalue weighted by Gasteiger charge is -2.33. The van der Waals surface area contributed by atoms with Crippen molar-refractivity contribution in [2.24, 2.45) is 5.92 Å². The van der Waals surface area contributed by atoms with E-state index in [1.807, 2.05) is 11.8 Å². The summed E-state index contributed by atoms with van der Waals surface area (Å²) in [5.74, 6) is 0.330. The lowest BCUT2D eigenvalue weighted by Crippen LogP contribution is -2.47. The van der Waals surface area contributed by atoms with Gasteiger partial charge in [-0.1, -0.05) is 18.2 Å². The molecule has 2 heterocycles. The predicted molar refractivity (Wildman–Crippen MR) is 96.3 cm³/mol. The molecule has 0 aliphatic carbocycles. The average molecular weight is 331 g/mol. The van der Waals surface area contributed by atoms with Crippen LogP contribution in [0, 0.1) is 5.92 Å². The molecular formula is C19H29N3O2. The van der Waals surface area contributed by atoms with E-state index in [1.54, 1.807) is 0 Å².